The maximum absolute atomic E-state index is 11.9. The minimum atomic E-state index is -4.32. The summed E-state index contributed by atoms with van der Waals surface area (Å²) in [5, 5.41) is 3.12. The van der Waals surface area contributed by atoms with Crippen LogP contribution in [0.5, 0.6) is 5.75 Å². The zero-order chi connectivity index (χ0) is 12.9. The van der Waals surface area contributed by atoms with Gasteiger partial charge in [0.25, 0.3) is 0 Å². The Balaban J connectivity index is 2.54. The van der Waals surface area contributed by atoms with Crippen LogP contribution in [0.3, 0.4) is 0 Å². The Morgan fingerprint density at radius 1 is 1.41 bits per heavy atom. The number of ether oxygens (including phenoxy) is 1. The standard InChI is InChI=1S/C11H15F3N2O/c1-8(2)16-6-9-5-10(3-4-15-9)17-7-11(12,13)14/h3-5,8,16H,6-7H2,1-2H3. The lowest BCUT2D eigenvalue weighted by atomic mass is 10.3. The van der Waals surface area contributed by atoms with Crippen molar-refractivity contribution in [1.82, 2.24) is 10.3 Å². The van der Waals surface area contributed by atoms with E-state index in [-0.39, 0.29) is 11.8 Å². The summed E-state index contributed by atoms with van der Waals surface area (Å²) < 4.78 is 40.5. The Hall–Kier alpha value is -1.30. The van der Waals surface area contributed by atoms with E-state index in [1.54, 1.807) is 0 Å². The second kappa shape index (κ2) is 5.86. The largest absolute Gasteiger partial charge is 0.484 e. The lowest BCUT2D eigenvalue weighted by Gasteiger charge is -2.11. The first-order chi connectivity index (χ1) is 7.87. The molecule has 0 bridgehead atoms. The van der Waals surface area contributed by atoms with Gasteiger partial charge in [-0.15, -0.1) is 0 Å². The third-order valence-electron chi connectivity index (χ3n) is 1.88. The molecule has 0 unspecified atom stereocenters. The highest BCUT2D eigenvalue weighted by Crippen LogP contribution is 2.18. The van der Waals surface area contributed by atoms with Crippen LogP contribution in [0.2, 0.25) is 0 Å². The second-order valence-corrected chi connectivity index (χ2v) is 3.92. The lowest BCUT2D eigenvalue weighted by molar-refractivity contribution is -0.153. The molecule has 1 heterocycles. The van der Waals surface area contributed by atoms with Crippen molar-refractivity contribution in [3.8, 4) is 5.75 Å². The third-order valence-corrected chi connectivity index (χ3v) is 1.88. The van der Waals surface area contributed by atoms with Gasteiger partial charge in [-0.2, -0.15) is 13.2 Å². The van der Waals surface area contributed by atoms with Crippen LogP contribution in [-0.4, -0.2) is 23.8 Å². The average molecular weight is 248 g/mol. The Labute approximate surface area is 98.0 Å². The number of nitrogens with zero attached hydrogens (tertiary/aromatic N) is 1. The predicted octanol–water partition coefficient (Wildman–Crippen LogP) is 2.52. The fourth-order valence-electron chi connectivity index (χ4n) is 1.12. The van der Waals surface area contributed by atoms with Crippen LogP contribution in [0, 0.1) is 0 Å². The summed E-state index contributed by atoms with van der Waals surface area (Å²) in [6, 6.07) is 3.20. The summed E-state index contributed by atoms with van der Waals surface area (Å²) in [6.45, 7) is 3.17. The van der Waals surface area contributed by atoms with E-state index in [1.165, 1.54) is 18.3 Å². The molecule has 0 saturated carbocycles. The molecule has 0 spiro atoms. The highest BCUT2D eigenvalue weighted by atomic mass is 19.4. The van der Waals surface area contributed by atoms with E-state index < -0.39 is 12.8 Å². The number of hydrogen-bond donors (Lipinski definition) is 1. The first-order valence-corrected chi connectivity index (χ1v) is 5.24. The fourth-order valence-corrected chi connectivity index (χ4v) is 1.12. The number of nitrogens with one attached hydrogen (secondary N) is 1. The van der Waals surface area contributed by atoms with Crippen LogP contribution < -0.4 is 10.1 Å². The SMILES string of the molecule is CC(C)NCc1cc(OCC(F)(F)F)ccn1. The Bertz CT molecular complexity index is 353. The Morgan fingerprint density at radius 3 is 2.71 bits per heavy atom. The van der Waals surface area contributed by atoms with E-state index >= 15 is 0 Å². The highest BCUT2D eigenvalue weighted by Gasteiger charge is 2.28. The van der Waals surface area contributed by atoms with Gasteiger partial charge in [0.05, 0.1) is 5.69 Å². The van der Waals surface area contributed by atoms with Gasteiger partial charge in [0.1, 0.15) is 5.75 Å². The number of rotatable bonds is 5. The van der Waals surface area contributed by atoms with E-state index in [9.17, 15) is 13.2 Å². The molecular formula is C11H15F3N2O. The van der Waals surface area contributed by atoms with Gasteiger partial charge in [0.15, 0.2) is 6.61 Å². The van der Waals surface area contributed by atoms with E-state index in [4.69, 9.17) is 0 Å². The Kier molecular flexibility index (Phi) is 4.74. The van der Waals surface area contributed by atoms with Crippen molar-refractivity contribution < 1.29 is 17.9 Å². The smallest absolute Gasteiger partial charge is 0.422 e. The molecule has 0 saturated heterocycles. The molecule has 1 aromatic heterocycles. The molecule has 17 heavy (non-hydrogen) atoms. The molecule has 1 rings (SSSR count). The summed E-state index contributed by atoms with van der Waals surface area (Å²) in [5.41, 5.74) is 0.651. The third kappa shape index (κ3) is 6.11. The number of halogens is 3. The van der Waals surface area contributed by atoms with Gasteiger partial charge in [0.2, 0.25) is 0 Å². The lowest BCUT2D eigenvalue weighted by Crippen LogP contribution is -2.22. The highest BCUT2D eigenvalue weighted by molar-refractivity contribution is 5.22. The monoisotopic (exact) mass is 248 g/mol. The molecular weight excluding hydrogens is 233 g/mol. The van der Waals surface area contributed by atoms with Gasteiger partial charge >= 0.3 is 6.18 Å². The number of pyridine rings is 1. The molecule has 1 N–H and O–H groups in total. The zero-order valence-electron chi connectivity index (χ0n) is 9.71. The molecule has 1 aromatic rings. The van der Waals surface area contributed by atoms with Crippen molar-refractivity contribution in [3.05, 3.63) is 24.0 Å². The molecule has 96 valence electrons. The van der Waals surface area contributed by atoms with Crippen LogP contribution in [0.1, 0.15) is 19.5 Å². The van der Waals surface area contributed by atoms with E-state index in [0.717, 1.165) is 0 Å². The molecule has 6 heteroatoms. The molecule has 0 atom stereocenters. The predicted molar refractivity (Wildman–Crippen MR) is 57.8 cm³/mol. The van der Waals surface area contributed by atoms with Crippen LogP contribution >= 0.6 is 0 Å². The normalized spacial score (nSPS) is 11.9. The van der Waals surface area contributed by atoms with Gasteiger partial charge in [-0.1, -0.05) is 13.8 Å². The summed E-state index contributed by atoms with van der Waals surface area (Å²) in [7, 11) is 0. The molecule has 0 radical (unpaired) electrons. The maximum atomic E-state index is 11.9. The van der Waals surface area contributed by atoms with E-state index in [1.807, 2.05) is 13.8 Å². The van der Waals surface area contributed by atoms with Crippen molar-refractivity contribution in [1.29, 1.82) is 0 Å². The van der Waals surface area contributed by atoms with E-state index in [2.05, 4.69) is 15.0 Å². The second-order valence-electron chi connectivity index (χ2n) is 3.92. The fraction of sp³-hybridized carbons (Fsp3) is 0.545. The molecule has 0 aliphatic carbocycles. The molecule has 0 amide bonds. The van der Waals surface area contributed by atoms with Crippen molar-refractivity contribution in [2.75, 3.05) is 6.61 Å². The topological polar surface area (TPSA) is 34.1 Å². The van der Waals surface area contributed by atoms with Crippen LogP contribution in [-0.2, 0) is 6.54 Å². The minimum absolute atomic E-state index is 0.179. The minimum Gasteiger partial charge on any atom is -0.484 e. The van der Waals surface area contributed by atoms with Crippen LogP contribution in [0.15, 0.2) is 18.3 Å². The summed E-state index contributed by atoms with van der Waals surface area (Å²) in [6.07, 6.45) is -2.89. The quantitative estimate of drug-likeness (QED) is 0.869. The Morgan fingerprint density at radius 2 is 2.12 bits per heavy atom. The van der Waals surface area contributed by atoms with Gasteiger partial charge in [-0.3, -0.25) is 4.98 Å². The zero-order valence-corrected chi connectivity index (χ0v) is 9.71. The molecule has 0 fully saturated rings. The number of hydrogen-bond acceptors (Lipinski definition) is 3. The van der Waals surface area contributed by atoms with Crippen LogP contribution in [0.4, 0.5) is 13.2 Å². The number of aromatic nitrogens is 1. The van der Waals surface area contributed by atoms with E-state index in [0.29, 0.717) is 12.2 Å². The molecule has 0 aliphatic heterocycles. The molecule has 0 aliphatic rings. The van der Waals surface area contributed by atoms with Crippen molar-refractivity contribution in [2.24, 2.45) is 0 Å². The molecule has 3 nitrogen and oxygen atoms in total. The first kappa shape index (κ1) is 13.8. The van der Waals surface area contributed by atoms with Crippen molar-refractivity contribution in [2.45, 2.75) is 32.6 Å². The summed E-state index contributed by atoms with van der Waals surface area (Å²) in [4.78, 5) is 4.03. The molecule has 0 aromatic carbocycles. The van der Waals surface area contributed by atoms with Gasteiger partial charge in [0, 0.05) is 24.8 Å². The van der Waals surface area contributed by atoms with Crippen LogP contribution in [0.25, 0.3) is 0 Å². The van der Waals surface area contributed by atoms with Gasteiger partial charge in [-0.25, -0.2) is 0 Å². The summed E-state index contributed by atoms with van der Waals surface area (Å²) in [5.74, 6) is 0.179. The maximum Gasteiger partial charge on any atom is 0.422 e. The first-order valence-electron chi connectivity index (χ1n) is 5.24. The van der Waals surface area contributed by atoms with Crippen molar-refractivity contribution in [3.63, 3.8) is 0 Å². The average Bonchev–Trinajstić information content (AvgIpc) is 2.23. The van der Waals surface area contributed by atoms with Gasteiger partial charge < -0.3 is 10.1 Å². The number of alkyl halides is 3. The summed E-state index contributed by atoms with van der Waals surface area (Å²) >= 11 is 0. The van der Waals surface area contributed by atoms with Gasteiger partial charge in [-0.05, 0) is 6.07 Å². The van der Waals surface area contributed by atoms with Crippen molar-refractivity contribution >= 4 is 0 Å².